The molecule has 0 bridgehead atoms. The van der Waals surface area contributed by atoms with Gasteiger partial charge in [-0.15, -0.1) is 0 Å². The van der Waals surface area contributed by atoms with Crippen LogP contribution in [-0.4, -0.2) is 26.3 Å². The van der Waals surface area contributed by atoms with Gasteiger partial charge in [-0.3, -0.25) is 0 Å². The second-order valence-corrected chi connectivity index (χ2v) is 6.37. The third-order valence-corrected chi connectivity index (χ3v) is 4.26. The second-order valence-electron chi connectivity index (χ2n) is 6.37. The predicted octanol–water partition coefficient (Wildman–Crippen LogP) is 3.88. The average Bonchev–Trinajstić information content (AvgIpc) is 3.08. The van der Waals surface area contributed by atoms with E-state index >= 15 is 0 Å². The van der Waals surface area contributed by atoms with Crippen molar-refractivity contribution in [3.05, 3.63) is 59.9 Å². The van der Waals surface area contributed by atoms with Gasteiger partial charge in [-0.05, 0) is 36.8 Å². The number of benzene rings is 2. The fraction of sp³-hybridized carbons (Fsp3) is 0.286. The Labute approximate surface area is 158 Å². The van der Waals surface area contributed by atoms with E-state index in [0.717, 1.165) is 22.3 Å². The summed E-state index contributed by atoms with van der Waals surface area (Å²) in [4.78, 5) is 12.2. The van der Waals surface area contributed by atoms with Gasteiger partial charge < -0.3 is 24.5 Å². The molecule has 3 aromatic rings. The molecule has 0 radical (unpaired) electrons. The average molecular weight is 368 g/mol. The molecule has 0 fully saturated rings. The zero-order valence-corrected chi connectivity index (χ0v) is 15.7. The van der Waals surface area contributed by atoms with Gasteiger partial charge in [0.1, 0.15) is 11.3 Å². The van der Waals surface area contributed by atoms with Crippen molar-refractivity contribution in [1.29, 1.82) is 0 Å². The van der Waals surface area contributed by atoms with Gasteiger partial charge in [0, 0.05) is 24.4 Å². The minimum absolute atomic E-state index is 0.0593. The summed E-state index contributed by atoms with van der Waals surface area (Å²) in [5.41, 5.74) is 1.78. The van der Waals surface area contributed by atoms with Gasteiger partial charge in [-0.25, -0.2) is 4.79 Å². The van der Waals surface area contributed by atoms with Crippen LogP contribution in [0, 0.1) is 0 Å². The lowest BCUT2D eigenvalue weighted by atomic mass is 10.2. The lowest BCUT2D eigenvalue weighted by Gasteiger charge is -2.14. The van der Waals surface area contributed by atoms with E-state index in [2.05, 4.69) is 10.6 Å². The van der Waals surface area contributed by atoms with Gasteiger partial charge in [0.05, 0.1) is 14.2 Å². The molecule has 142 valence electrons. The first kappa shape index (κ1) is 18.6. The van der Waals surface area contributed by atoms with E-state index in [1.807, 2.05) is 55.5 Å². The lowest BCUT2D eigenvalue weighted by Crippen LogP contribution is -2.41. The number of ether oxygens (including phenoxy) is 2. The maximum absolute atomic E-state index is 12.2. The zero-order chi connectivity index (χ0) is 19.2. The van der Waals surface area contributed by atoms with Crippen LogP contribution in [0.2, 0.25) is 0 Å². The Bertz CT molecular complexity index is 886. The van der Waals surface area contributed by atoms with Crippen molar-refractivity contribution in [3.8, 4) is 11.5 Å². The number of fused-ring (bicyclic) bond motifs is 1. The first-order valence-electron chi connectivity index (χ1n) is 8.81. The normalized spacial score (nSPS) is 11.8. The van der Waals surface area contributed by atoms with Crippen LogP contribution in [0.3, 0.4) is 0 Å². The maximum Gasteiger partial charge on any atom is 0.315 e. The van der Waals surface area contributed by atoms with Crippen molar-refractivity contribution in [2.45, 2.75) is 25.9 Å². The summed E-state index contributed by atoms with van der Waals surface area (Å²) in [6, 6.07) is 15.1. The highest BCUT2D eigenvalue weighted by Gasteiger charge is 2.12. The third-order valence-electron chi connectivity index (χ3n) is 4.26. The van der Waals surface area contributed by atoms with Crippen LogP contribution < -0.4 is 20.1 Å². The second kappa shape index (κ2) is 8.49. The molecular weight excluding hydrogens is 344 g/mol. The Balaban J connectivity index is 1.51. The fourth-order valence-corrected chi connectivity index (χ4v) is 2.94. The van der Waals surface area contributed by atoms with E-state index in [9.17, 15) is 4.79 Å². The van der Waals surface area contributed by atoms with Crippen molar-refractivity contribution in [1.82, 2.24) is 10.6 Å². The number of nitrogens with one attached hydrogen (secondary N) is 2. The van der Waals surface area contributed by atoms with E-state index in [1.165, 1.54) is 0 Å². The number of carbonyl (C=O) groups is 1. The molecule has 3 rings (SSSR count). The van der Waals surface area contributed by atoms with E-state index in [0.29, 0.717) is 24.5 Å². The highest BCUT2D eigenvalue weighted by Crippen LogP contribution is 2.27. The van der Waals surface area contributed by atoms with Crippen LogP contribution in [0.1, 0.15) is 18.2 Å². The summed E-state index contributed by atoms with van der Waals surface area (Å²) in [6.07, 6.45) is 0.623. The first-order valence-corrected chi connectivity index (χ1v) is 8.81. The monoisotopic (exact) mass is 368 g/mol. The molecule has 2 N–H and O–H groups in total. The molecule has 1 aromatic heterocycles. The number of methoxy groups -OCH3 is 2. The summed E-state index contributed by atoms with van der Waals surface area (Å²) in [7, 11) is 3.17. The fourth-order valence-electron chi connectivity index (χ4n) is 2.94. The topological polar surface area (TPSA) is 72.7 Å². The van der Waals surface area contributed by atoms with Crippen molar-refractivity contribution >= 4 is 17.0 Å². The zero-order valence-electron chi connectivity index (χ0n) is 15.7. The molecular formula is C21H24N2O4. The summed E-state index contributed by atoms with van der Waals surface area (Å²) in [6.45, 7) is 2.34. The van der Waals surface area contributed by atoms with Crippen molar-refractivity contribution in [3.63, 3.8) is 0 Å². The van der Waals surface area contributed by atoms with Gasteiger partial charge in [-0.1, -0.05) is 24.3 Å². The lowest BCUT2D eigenvalue weighted by molar-refractivity contribution is 0.237. The number of carbonyl (C=O) groups excluding carboxylic acids is 1. The minimum atomic E-state index is -0.228. The molecule has 0 saturated carbocycles. The van der Waals surface area contributed by atoms with Crippen molar-refractivity contribution in [2.75, 3.05) is 14.2 Å². The van der Waals surface area contributed by atoms with E-state index in [1.54, 1.807) is 14.2 Å². The molecule has 0 aliphatic rings. The SMILES string of the molecule is COc1ccc(CNC(=O)N[C@H](C)Cc2cc3ccccc3o2)cc1OC. The molecule has 2 aromatic carbocycles. The number of hydrogen-bond donors (Lipinski definition) is 2. The van der Waals surface area contributed by atoms with Gasteiger partial charge in [0.25, 0.3) is 0 Å². The summed E-state index contributed by atoms with van der Waals surface area (Å²) in [5, 5.41) is 6.85. The number of para-hydroxylation sites is 1. The summed E-state index contributed by atoms with van der Waals surface area (Å²) in [5.74, 6) is 2.14. The molecule has 6 heteroatoms. The summed E-state index contributed by atoms with van der Waals surface area (Å²) < 4.78 is 16.3. The first-order chi connectivity index (χ1) is 13.1. The minimum Gasteiger partial charge on any atom is -0.493 e. The van der Waals surface area contributed by atoms with E-state index < -0.39 is 0 Å². The van der Waals surface area contributed by atoms with E-state index in [4.69, 9.17) is 13.9 Å². The van der Waals surface area contributed by atoms with Gasteiger partial charge >= 0.3 is 6.03 Å². The maximum atomic E-state index is 12.2. The molecule has 0 spiro atoms. The van der Waals surface area contributed by atoms with Crippen LogP contribution in [0.4, 0.5) is 4.79 Å². The molecule has 0 aliphatic heterocycles. The highest BCUT2D eigenvalue weighted by molar-refractivity contribution is 5.77. The van der Waals surface area contributed by atoms with Crippen molar-refractivity contribution < 1.29 is 18.7 Å². The largest absolute Gasteiger partial charge is 0.493 e. The quantitative estimate of drug-likeness (QED) is 0.664. The molecule has 2 amide bonds. The Morgan fingerprint density at radius 1 is 1.07 bits per heavy atom. The van der Waals surface area contributed by atoms with Crippen LogP contribution in [0.5, 0.6) is 11.5 Å². The Morgan fingerprint density at radius 2 is 1.85 bits per heavy atom. The third kappa shape index (κ3) is 4.73. The van der Waals surface area contributed by atoms with Gasteiger partial charge in [0.2, 0.25) is 0 Å². The standard InChI is InChI=1S/C21H24N2O4/c1-14(10-17-12-16-6-4-5-7-18(16)27-17)23-21(24)22-13-15-8-9-19(25-2)20(11-15)26-3/h4-9,11-12,14H,10,13H2,1-3H3,(H2,22,23,24)/t14-/m1/s1. The molecule has 27 heavy (non-hydrogen) atoms. The number of rotatable bonds is 7. The Morgan fingerprint density at radius 3 is 2.59 bits per heavy atom. The molecule has 0 unspecified atom stereocenters. The molecule has 1 heterocycles. The van der Waals surface area contributed by atoms with Crippen LogP contribution >= 0.6 is 0 Å². The van der Waals surface area contributed by atoms with Crippen molar-refractivity contribution in [2.24, 2.45) is 0 Å². The molecule has 0 aliphatic carbocycles. The smallest absolute Gasteiger partial charge is 0.315 e. The molecule has 0 saturated heterocycles. The van der Waals surface area contributed by atoms with Gasteiger partial charge in [0.15, 0.2) is 11.5 Å². The van der Waals surface area contributed by atoms with Crippen LogP contribution in [0.25, 0.3) is 11.0 Å². The van der Waals surface area contributed by atoms with Crippen LogP contribution in [0.15, 0.2) is 52.9 Å². The Hall–Kier alpha value is -3.15. The Kier molecular flexibility index (Phi) is 5.86. The predicted molar refractivity (Wildman–Crippen MR) is 104 cm³/mol. The van der Waals surface area contributed by atoms with Gasteiger partial charge in [-0.2, -0.15) is 0 Å². The summed E-state index contributed by atoms with van der Waals surface area (Å²) >= 11 is 0. The molecule has 1 atom stereocenters. The van der Waals surface area contributed by atoms with Crippen LogP contribution in [-0.2, 0) is 13.0 Å². The highest BCUT2D eigenvalue weighted by atomic mass is 16.5. The number of furan rings is 1. The van der Waals surface area contributed by atoms with E-state index in [-0.39, 0.29) is 12.1 Å². The molecule has 6 nitrogen and oxygen atoms in total. The number of urea groups is 1. The number of amides is 2. The number of hydrogen-bond acceptors (Lipinski definition) is 4.